The SMILES string of the molecule is Cc1ccc2ccn(C3CCN(CCc4ccc(F)cc4)CC3)c2c1. The third-order valence-corrected chi connectivity index (χ3v) is 5.46. The van der Waals surface area contributed by atoms with E-state index in [0.717, 1.165) is 26.1 Å². The van der Waals surface area contributed by atoms with Gasteiger partial charge < -0.3 is 9.47 Å². The van der Waals surface area contributed by atoms with Crippen LogP contribution in [0.2, 0.25) is 0 Å². The Balaban J connectivity index is 1.36. The fraction of sp³-hybridized carbons (Fsp3) is 0.364. The predicted molar refractivity (Wildman–Crippen MR) is 101 cm³/mol. The monoisotopic (exact) mass is 336 g/mol. The van der Waals surface area contributed by atoms with Crippen molar-refractivity contribution < 1.29 is 4.39 Å². The molecule has 3 aromatic rings. The largest absolute Gasteiger partial charge is 0.344 e. The molecule has 130 valence electrons. The lowest BCUT2D eigenvalue weighted by molar-refractivity contribution is 0.190. The number of likely N-dealkylation sites (tertiary alicyclic amines) is 1. The van der Waals surface area contributed by atoms with Gasteiger partial charge in [0.25, 0.3) is 0 Å². The second-order valence-electron chi connectivity index (χ2n) is 7.23. The van der Waals surface area contributed by atoms with E-state index in [1.165, 1.54) is 34.9 Å². The maximum atomic E-state index is 13.0. The van der Waals surface area contributed by atoms with Crippen molar-refractivity contribution in [3.8, 4) is 0 Å². The molecule has 2 heterocycles. The van der Waals surface area contributed by atoms with Gasteiger partial charge >= 0.3 is 0 Å². The Kier molecular flexibility index (Phi) is 4.58. The highest BCUT2D eigenvalue weighted by molar-refractivity contribution is 5.80. The van der Waals surface area contributed by atoms with Gasteiger partial charge in [-0.1, -0.05) is 24.3 Å². The van der Waals surface area contributed by atoms with E-state index in [9.17, 15) is 4.39 Å². The van der Waals surface area contributed by atoms with Gasteiger partial charge in [-0.2, -0.15) is 0 Å². The number of benzene rings is 2. The van der Waals surface area contributed by atoms with Gasteiger partial charge in [0.2, 0.25) is 0 Å². The standard InChI is InChI=1S/C22H25FN2/c1-17-2-5-19-9-15-25(22(19)16-17)21-10-13-24(14-11-21)12-8-18-3-6-20(23)7-4-18/h2-7,9,15-16,21H,8,10-14H2,1H3. The average molecular weight is 336 g/mol. The van der Waals surface area contributed by atoms with Crippen LogP contribution in [0.3, 0.4) is 0 Å². The van der Waals surface area contributed by atoms with E-state index in [1.54, 1.807) is 12.1 Å². The maximum Gasteiger partial charge on any atom is 0.123 e. The van der Waals surface area contributed by atoms with Crippen LogP contribution in [0.25, 0.3) is 10.9 Å². The summed E-state index contributed by atoms with van der Waals surface area (Å²) in [6.45, 7) is 5.49. The number of piperidine rings is 1. The van der Waals surface area contributed by atoms with E-state index in [2.05, 4.69) is 46.9 Å². The topological polar surface area (TPSA) is 8.17 Å². The van der Waals surface area contributed by atoms with Crippen LogP contribution >= 0.6 is 0 Å². The number of halogens is 1. The van der Waals surface area contributed by atoms with Crippen molar-refractivity contribution in [1.29, 1.82) is 0 Å². The zero-order valence-corrected chi connectivity index (χ0v) is 14.8. The van der Waals surface area contributed by atoms with Crippen LogP contribution in [0.15, 0.2) is 54.7 Å². The molecule has 0 saturated carbocycles. The van der Waals surface area contributed by atoms with Crippen molar-refractivity contribution in [3.05, 3.63) is 71.7 Å². The molecule has 3 heteroatoms. The number of aryl methyl sites for hydroxylation is 1. The molecule has 0 N–H and O–H groups in total. The second kappa shape index (κ2) is 7.01. The molecule has 0 aliphatic carbocycles. The third kappa shape index (κ3) is 3.62. The maximum absolute atomic E-state index is 13.0. The van der Waals surface area contributed by atoms with Crippen LogP contribution in [0.5, 0.6) is 0 Å². The molecule has 1 aliphatic rings. The zero-order chi connectivity index (χ0) is 17.2. The summed E-state index contributed by atoms with van der Waals surface area (Å²) in [5.74, 6) is -0.154. The molecule has 25 heavy (non-hydrogen) atoms. The first-order valence-corrected chi connectivity index (χ1v) is 9.23. The molecule has 0 bridgehead atoms. The molecule has 0 atom stereocenters. The third-order valence-electron chi connectivity index (χ3n) is 5.46. The molecule has 1 aliphatic heterocycles. The van der Waals surface area contributed by atoms with E-state index >= 15 is 0 Å². The molecule has 0 unspecified atom stereocenters. The van der Waals surface area contributed by atoms with Gasteiger partial charge in [0.1, 0.15) is 5.82 Å². The molecular weight excluding hydrogens is 311 g/mol. The van der Waals surface area contributed by atoms with Gasteiger partial charge in [-0.25, -0.2) is 4.39 Å². The van der Waals surface area contributed by atoms with Gasteiger partial charge in [-0.05, 0) is 67.0 Å². The lowest BCUT2D eigenvalue weighted by Gasteiger charge is -2.33. The molecule has 4 rings (SSSR count). The van der Waals surface area contributed by atoms with E-state index in [1.807, 2.05) is 12.1 Å². The van der Waals surface area contributed by atoms with Crippen molar-refractivity contribution in [3.63, 3.8) is 0 Å². The lowest BCUT2D eigenvalue weighted by atomic mass is 10.0. The number of nitrogens with zero attached hydrogens (tertiary/aromatic N) is 2. The zero-order valence-electron chi connectivity index (χ0n) is 14.8. The quantitative estimate of drug-likeness (QED) is 0.653. The molecule has 0 radical (unpaired) electrons. The van der Waals surface area contributed by atoms with Crippen LogP contribution < -0.4 is 0 Å². The van der Waals surface area contributed by atoms with E-state index < -0.39 is 0 Å². The van der Waals surface area contributed by atoms with Gasteiger partial charge in [-0.3, -0.25) is 0 Å². The number of fused-ring (bicyclic) bond motifs is 1. The summed E-state index contributed by atoms with van der Waals surface area (Å²) in [4.78, 5) is 2.54. The first-order valence-electron chi connectivity index (χ1n) is 9.23. The Morgan fingerprint density at radius 1 is 1.00 bits per heavy atom. The number of hydrogen-bond donors (Lipinski definition) is 0. The van der Waals surface area contributed by atoms with Crippen LogP contribution in [-0.4, -0.2) is 29.1 Å². The fourth-order valence-corrected chi connectivity index (χ4v) is 3.94. The summed E-state index contributed by atoms with van der Waals surface area (Å²) in [7, 11) is 0. The van der Waals surface area contributed by atoms with E-state index in [4.69, 9.17) is 0 Å². The van der Waals surface area contributed by atoms with Gasteiger partial charge in [0.05, 0.1) is 0 Å². The molecule has 2 aromatic carbocycles. The minimum Gasteiger partial charge on any atom is -0.344 e. The summed E-state index contributed by atoms with van der Waals surface area (Å²) in [5.41, 5.74) is 3.91. The number of rotatable bonds is 4. The molecule has 0 amide bonds. The van der Waals surface area contributed by atoms with E-state index in [-0.39, 0.29) is 5.82 Å². The van der Waals surface area contributed by atoms with Crippen LogP contribution in [0.1, 0.15) is 30.0 Å². The first kappa shape index (κ1) is 16.3. The highest BCUT2D eigenvalue weighted by atomic mass is 19.1. The van der Waals surface area contributed by atoms with Crippen molar-refractivity contribution in [2.45, 2.75) is 32.2 Å². The summed E-state index contributed by atoms with van der Waals surface area (Å²) in [6, 6.07) is 16.4. The Morgan fingerprint density at radius 3 is 2.52 bits per heavy atom. The molecule has 2 nitrogen and oxygen atoms in total. The highest BCUT2D eigenvalue weighted by Gasteiger charge is 2.21. The Bertz CT molecular complexity index is 842. The summed E-state index contributed by atoms with van der Waals surface area (Å²) in [6.07, 6.45) is 5.64. The minimum absolute atomic E-state index is 0.154. The minimum atomic E-state index is -0.154. The fourth-order valence-electron chi connectivity index (χ4n) is 3.94. The average Bonchev–Trinajstić information content (AvgIpc) is 3.05. The Hall–Kier alpha value is -2.13. The van der Waals surface area contributed by atoms with Gasteiger partial charge in [-0.15, -0.1) is 0 Å². The van der Waals surface area contributed by atoms with Crippen molar-refractivity contribution >= 4 is 10.9 Å². The molecule has 1 saturated heterocycles. The smallest absolute Gasteiger partial charge is 0.123 e. The molecule has 1 fully saturated rings. The van der Waals surface area contributed by atoms with Crippen LogP contribution in [0.4, 0.5) is 4.39 Å². The van der Waals surface area contributed by atoms with Crippen LogP contribution in [0, 0.1) is 12.7 Å². The second-order valence-corrected chi connectivity index (χ2v) is 7.23. The highest BCUT2D eigenvalue weighted by Crippen LogP contribution is 2.28. The molecule has 1 aromatic heterocycles. The Labute approximate surface area is 148 Å². The summed E-state index contributed by atoms with van der Waals surface area (Å²) >= 11 is 0. The lowest BCUT2D eigenvalue weighted by Crippen LogP contribution is -2.35. The number of aromatic nitrogens is 1. The normalized spacial score (nSPS) is 16.6. The van der Waals surface area contributed by atoms with Crippen molar-refractivity contribution in [2.24, 2.45) is 0 Å². The molecular formula is C22H25FN2. The van der Waals surface area contributed by atoms with E-state index in [0.29, 0.717) is 6.04 Å². The predicted octanol–water partition coefficient (Wildman–Crippen LogP) is 4.97. The van der Waals surface area contributed by atoms with Gasteiger partial charge in [0, 0.05) is 37.4 Å². The van der Waals surface area contributed by atoms with Crippen molar-refractivity contribution in [1.82, 2.24) is 9.47 Å². The first-order chi connectivity index (χ1) is 12.2. The van der Waals surface area contributed by atoms with Crippen LogP contribution in [-0.2, 0) is 6.42 Å². The van der Waals surface area contributed by atoms with Gasteiger partial charge in [0.15, 0.2) is 0 Å². The van der Waals surface area contributed by atoms with Crippen molar-refractivity contribution in [2.75, 3.05) is 19.6 Å². The summed E-state index contributed by atoms with van der Waals surface area (Å²) in [5, 5.41) is 1.34. The summed E-state index contributed by atoms with van der Waals surface area (Å²) < 4.78 is 15.5. The number of hydrogen-bond acceptors (Lipinski definition) is 1. The molecule has 0 spiro atoms. The Morgan fingerprint density at radius 2 is 1.76 bits per heavy atom.